The lowest BCUT2D eigenvalue weighted by molar-refractivity contribution is -0.127. The average molecular weight is 513 g/mol. The van der Waals surface area contributed by atoms with E-state index >= 15 is 0 Å². The van der Waals surface area contributed by atoms with Gasteiger partial charge in [-0.2, -0.15) is 10.5 Å². The van der Waals surface area contributed by atoms with Gasteiger partial charge in [0.15, 0.2) is 0 Å². The number of likely N-dealkylation sites (N-methyl/N-ethyl adjacent to an activating group) is 1. The summed E-state index contributed by atoms with van der Waals surface area (Å²) in [6, 6.07) is 11.8. The minimum Gasteiger partial charge on any atom is -0.383 e. The highest BCUT2D eigenvalue weighted by molar-refractivity contribution is 8.02. The highest BCUT2D eigenvalue weighted by Gasteiger charge is 2.23. The minimum atomic E-state index is -0.674. The molecule has 0 aliphatic carbocycles. The van der Waals surface area contributed by atoms with Crippen LogP contribution in [0.3, 0.4) is 0 Å². The molecule has 0 fully saturated rings. The van der Waals surface area contributed by atoms with Crippen LogP contribution < -0.4 is 10.6 Å². The molecule has 2 N–H and O–H groups in total. The minimum absolute atomic E-state index is 0.0913. The van der Waals surface area contributed by atoms with Crippen LogP contribution in [0.4, 0.5) is 5.69 Å². The molecule has 0 saturated heterocycles. The number of benzene rings is 1. The first kappa shape index (κ1) is 30.7. The lowest BCUT2D eigenvalue weighted by Crippen LogP contribution is -2.33. The van der Waals surface area contributed by atoms with Crippen molar-refractivity contribution in [3.63, 3.8) is 0 Å². The molecule has 0 aliphatic heterocycles. The fraction of sp³-hybridized carbons (Fsp3) is 0.462. The molecule has 0 aromatic heterocycles. The van der Waals surface area contributed by atoms with Gasteiger partial charge < -0.3 is 25.2 Å². The summed E-state index contributed by atoms with van der Waals surface area (Å²) < 4.78 is 5.17. The highest BCUT2D eigenvalue weighted by atomic mass is 32.2. The third-order valence-electron chi connectivity index (χ3n) is 5.30. The summed E-state index contributed by atoms with van der Waals surface area (Å²) in [6.07, 6.45) is 6.14. The van der Waals surface area contributed by atoms with E-state index in [4.69, 9.17) is 10.00 Å². The topological polar surface area (TPSA) is 121 Å². The maximum atomic E-state index is 12.8. The first-order valence-corrected chi connectivity index (χ1v) is 13.0. The van der Waals surface area contributed by atoms with Crippen molar-refractivity contribution in [1.29, 1.82) is 10.5 Å². The van der Waals surface area contributed by atoms with E-state index in [2.05, 4.69) is 34.6 Å². The van der Waals surface area contributed by atoms with E-state index in [0.717, 1.165) is 50.1 Å². The normalized spacial score (nSPS) is 11.5. The van der Waals surface area contributed by atoms with Crippen molar-refractivity contribution in [2.75, 3.05) is 58.0 Å². The Morgan fingerprint density at radius 2 is 1.97 bits per heavy atom. The monoisotopic (exact) mass is 512 g/mol. The van der Waals surface area contributed by atoms with Crippen molar-refractivity contribution in [2.45, 2.75) is 26.7 Å². The Hall–Kier alpha value is -3.31. The molecular formula is C26H36N6O3S. The number of thioether (sulfide) groups is 1. The Kier molecular flexibility index (Phi) is 15.4. The van der Waals surface area contributed by atoms with Gasteiger partial charge in [0.1, 0.15) is 23.2 Å². The van der Waals surface area contributed by atoms with E-state index in [1.54, 1.807) is 38.6 Å². The van der Waals surface area contributed by atoms with E-state index in [0.29, 0.717) is 6.54 Å². The van der Waals surface area contributed by atoms with Gasteiger partial charge in [-0.15, -0.1) is 11.8 Å². The molecule has 0 atom stereocenters. The maximum Gasteiger partial charge on any atom is 0.265 e. The number of amides is 2. The standard InChI is InChI=1S/C26H36N6O3S/c1-5-31(17-18-35-3)16-12-21-9-7-10-22(19-21)29-14-8-11-24(33)32(6-2)26(36-4)23(20-28)25(34)30-15-13-27/h7-10,14,19,29H,5-6,11-12,15-18H2,1-4H3,(H,30,34)/b14-8-,26-23-. The number of hydrogen-bond acceptors (Lipinski definition) is 8. The van der Waals surface area contributed by atoms with Crippen molar-refractivity contribution in [1.82, 2.24) is 15.1 Å². The average Bonchev–Trinajstić information content (AvgIpc) is 2.90. The Balaban J connectivity index is 2.77. The zero-order valence-electron chi connectivity index (χ0n) is 21.5. The number of ether oxygens (including phenoxy) is 1. The third-order valence-corrected chi connectivity index (χ3v) is 6.11. The number of carbonyl (C=O) groups is 2. The second-order valence-electron chi connectivity index (χ2n) is 7.60. The molecule has 1 aromatic carbocycles. The number of nitrogens with zero attached hydrogens (tertiary/aromatic N) is 4. The van der Waals surface area contributed by atoms with Crippen LogP contribution in [0.5, 0.6) is 0 Å². The van der Waals surface area contributed by atoms with Gasteiger partial charge in [-0.3, -0.25) is 9.59 Å². The molecule has 2 amide bonds. The van der Waals surface area contributed by atoms with E-state index in [-0.39, 0.29) is 29.5 Å². The van der Waals surface area contributed by atoms with Gasteiger partial charge in [0.2, 0.25) is 5.91 Å². The molecule has 0 unspecified atom stereocenters. The summed E-state index contributed by atoms with van der Waals surface area (Å²) in [5, 5.41) is 24.0. The fourth-order valence-electron chi connectivity index (χ4n) is 3.36. The van der Waals surface area contributed by atoms with Crippen molar-refractivity contribution in [3.8, 4) is 12.1 Å². The second kappa shape index (κ2) is 18.0. The predicted molar refractivity (Wildman–Crippen MR) is 144 cm³/mol. The summed E-state index contributed by atoms with van der Waals surface area (Å²) in [5.41, 5.74) is 1.95. The molecule has 36 heavy (non-hydrogen) atoms. The molecule has 0 aliphatic rings. The van der Waals surface area contributed by atoms with Gasteiger partial charge in [0.25, 0.3) is 5.91 Å². The SMILES string of the molecule is CCN(CCOC)CCc1cccc(N/C=C\CC(=O)N(CC)/C(SC)=C(\C#N)C(=O)NCC#N)c1. The zero-order valence-corrected chi connectivity index (χ0v) is 22.4. The van der Waals surface area contributed by atoms with Crippen LogP contribution >= 0.6 is 11.8 Å². The lowest BCUT2D eigenvalue weighted by Gasteiger charge is -2.23. The number of carbonyl (C=O) groups excluding carboxylic acids is 2. The third kappa shape index (κ3) is 10.5. The predicted octanol–water partition coefficient (Wildman–Crippen LogP) is 3.10. The quantitative estimate of drug-likeness (QED) is 0.197. The summed E-state index contributed by atoms with van der Waals surface area (Å²) in [5.74, 6) is -0.919. The van der Waals surface area contributed by atoms with E-state index in [9.17, 15) is 14.9 Å². The molecule has 194 valence electrons. The molecule has 1 rings (SSSR count). The smallest absolute Gasteiger partial charge is 0.265 e. The highest BCUT2D eigenvalue weighted by Crippen LogP contribution is 2.23. The Morgan fingerprint density at radius 3 is 2.58 bits per heavy atom. The van der Waals surface area contributed by atoms with Crippen LogP contribution in [0.2, 0.25) is 0 Å². The van der Waals surface area contributed by atoms with Gasteiger partial charge in [0, 0.05) is 38.9 Å². The van der Waals surface area contributed by atoms with Crippen molar-refractivity contribution >= 4 is 29.3 Å². The Morgan fingerprint density at radius 1 is 1.19 bits per heavy atom. The molecule has 0 heterocycles. The van der Waals surface area contributed by atoms with Crippen molar-refractivity contribution in [3.05, 3.63) is 52.7 Å². The van der Waals surface area contributed by atoms with Crippen LogP contribution in [-0.4, -0.2) is 74.3 Å². The molecule has 9 nitrogen and oxygen atoms in total. The Labute approximate surface area is 218 Å². The van der Waals surface area contributed by atoms with Crippen molar-refractivity contribution < 1.29 is 14.3 Å². The van der Waals surface area contributed by atoms with Crippen molar-refractivity contribution in [2.24, 2.45) is 0 Å². The molecule has 0 bridgehead atoms. The number of methoxy groups -OCH3 is 1. The molecule has 0 spiro atoms. The summed E-state index contributed by atoms with van der Waals surface area (Å²) in [4.78, 5) is 28.8. The number of hydrogen-bond donors (Lipinski definition) is 2. The van der Waals surface area contributed by atoms with E-state index in [1.165, 1.54) is 10.5 Å². The largest absolute Gasteiger partial charge is 0.383 e. The van der Waals surface area contributed by atoms with Crippen LogP contribution in [0.1, 0.15) is 25.8 Å². The molecule has 10 heteroatoms. The Bertz CT molecular complexity index is 996. The molecule has 0 radical (unpaired) electrons. The van der Waals surface area contributed by atoms with Gasteiger partial charge >= 0.3 is 0 Å². The van der Waals surface area contributed by atoms with Gasteiger partial charge in [-0.25, -0.2) is 0 Å². The van der Waals surface area contributed by atoms with Gasteiger partial charge in [-0.05, 0) is 50.0 Å². The van der Waals surface area contributed by atoms with E-state index in [1.807, 2.05) is 18.2 Å². The number of nitriles is 2. The van der Waals surface area contributed by atoms with Crippen LogP contribution in [0.15, 0.2) is 47.1 Å². The summed E-state index contributed by atoms with van der Waals surface area (Å²) in [6.45, 7) is 7.55. The maximum absolute atomic E-state index is 12.8. The van der Waals surface area contributed by atoms with Gasteiger partial charge in [-0.1, -0.05) is 25.1 Å². The first-order chi connectivity index (χ1) is 17.4. The van der Waals surface area contributed by atoms with E-state index < -0.39 is 5.91 Å². The summed E-state index contributed by atoms with van der Waals surface area (Å²) in [7, 11) is 1.71. The molecule has 0 saturated carbocycles. The number of nitrogens with one attached hydrogen (secondary N) is 2. The molecular weight excluding hydrogens is 476 g/mol. The lowest BCUT2D eigenvalue weighted by atomic mass is 10.1. The first-order valence-electron chi connectivity index (χ1n) is 11.8. The molecule has 1 aromatic rings. The fourth-order valence-corrected chi connectivity index (χ4v) is 4.16. The summed E-state index contributed by atoms with van der Waals surface area (Å²) >= 11 is 1.14. The number of anilines is 1. The zero-order chi connectivity index (χ0) is 26.8. The van der Waals surface area contributed by atoms with Crippen LogP contribution in [0, 0.1) is 22.7 Å². The van der Waals surface area contributed by atoms with Crippen LogP contribution in [0.25, 0.3) is 0 Å². The van der Waals surface area contributed by atoms with Gasteiger partial charge in [0.05, 0.1) is 12.7 Å². The number of rotatable bonds is 16. The van der Waals surface area contributed by atoms with Crippen LogP contribution in [-0.2, 0) is 20.7 Å². The second-order valence-corrected chi connectivity index (χ2v) is 8.40.